The van der Waals surface area contributed by atoms with Crippen LogP contribution >= 0.6 is 0 Å². The molecule has 0 aromatic carbocycles. The zero-order chi connectivity index (χ0) is 13.9. The van der Waals surface area contributed by atoms with Gasteiger partial charge >= 0.3 is 5.97 Å². The van der Waals surface area contributed by atoms with Gasteiger partial charge in [-0.15, -0.1) is 0 Å². The molecule has 104 valence electrons. The average molecular weight is 262 g/mol. The van der Waals surface area contributed by atoms with Gasteiger partial charge in [0.15, 0.2) is 0 Å². The van der Waals surface area contributed by atoms with E-state index in [-0.39, 0.29) is 5.97 Å². The number of anilines is 1. The summed E-state index contributed by atoms with van der Waals surface area (Å²) in [6.45, 7) is 6.62. The van der Waals surface area contributed by atoms with Crippen molar-refractivity contribution in [2.24, 2.45) is 0 Å². The topological polar surface area (TPSA) is 51.2 Å². The first-order valence-electron chi connectivity index (χ1n) is 6.88. The minimum Gasteiger partial charge on any atom is -0.460 e. The van der Waals surface area contributed by atoms with Crippen molar-refractivity contribution in [1.82, 2.24) is 4.98 Å². The first kappa shape index (κ1) is 13.8. The van der Waals surface area contributed by atoms with Gasteiger partial charge in [-0.3, -0.25) is 4.79 Å². The highest BCUT2D eigenvalue weighted by molar-refractivity contribution is 5.70. The normalized spacial score (nSPS) is 14.5. The molecule has 1 aromatic rings. The Morgan fingerprint density at radius 1 is 1.42 bits per heavy atom. The molecule has 2 rings (SSSR count). The van der Waals surface area contributed by atoms with Crippen LogP contribution in [-0.2, 0) is 22.4 Å². The molecular weight excluding hydrogens is 240 g/mol. The lowest BCUT2D eigenvalue weighted by Crippen LogP contribution is -2.24. The molecule has 0 aliphatic carbocycles. The number of hydrogen-bond acceptors (Lipinski definition) is 4. The lowest BCUT2D eigenvalue weighted by molar-refractivity contribution is -0.154. The van der Waals surface area contributed by atoms with E-state index in [2.05, 4.69) is 16.4 Å². The molecule has 0 saturated carbocycles. The van der Waals surface area contributed by atoms with E-state index < -0.39 is 5.60 Å². The molecular formula is C15H22N2O2. The lowest BCUT2D eigenvalue weighted by Gasteiger charge is -2.20. The predicted octanol–water partition coefficient (Wildman–Crippen LogP) is 2.71. The van der Waals surface area contributed by atoms with Crippen molar-refractivity contribution >= 4 is 11.8 Å². The van der Waals surface area contributed by atoms with Crippen molar-refractivity contribution in [3.63, 3.8) is 0 Å². The van der Waals surface area contributed by atoms with Crippen LogP contribution in [0.3, 0.4) is 0 Å². The molecule has 0 unspecified atom stereocenters. The molecule has 1 aliphatic rings. The number of aryl methyl sites for hydroxylation is 2. The summed E-state index contributed by atoms with van der Waals surface area (Å²) >= 11 is 0. The quantitative estimate of drug-likeness (QED) is 0.851. The molecule has 0 saturated heterocycles. The van der Waals surface area contributed by atoms with Crippen molar-refractivity contribution in [1.29, 1.82) is 0 Å². The Balaban J connectivity index is 1.91. The van der Waals surface area contributed by atoms with Gasteiger partial charge in [-0.05, 0) is 45.2 Å². The minimum atomic E-state index is -0.415. The van der Waals surface area contributed by atoms with Crippen LogP contribution in [-0.4, -0.2) is 23.1 Å². The molecule has 0 atom stereocenters. The van der Waals surface area contributed by atoms with Crippen molar-refractivity contribution in [3.8, 4) is 0 Å². The molecule has 19 heavy (non-hydrogen) atoms. The fourth-order valence-corrected chi connectivity index (χ4v) is 2.13. The minimum absolute atomic E-state index is 0.167. The molecule has 1 aromatic heterocycles. The second-order valence-electron chi connectivity index (χ2n) is 5.93. The van der Waals surface area contributed by atoms with Crippen LogP contribution in [0.2, 0.25) is 0 Å². The third-order valence-corrected chi connectivity index (χ3v) is 2.96. The largest absolute Gasteiger partial charge is 0.460 e. The van der Waals surface area contributed by atoms with Gasteiger partial charge in [0.1, 0.15) is 11.4 Å². The van der Waals surface area contributed by atoms with E-state index in [0.717, 1.165) is 30.9 Å². The van der Waals surface area contributed by atoms with Crippen molar-refractivity contribution < 1.29 is 9.53 Å². The molecule has 1 aliphatic heterocycles. The Labute approximate surface area is 114 Å². The summed E-state index contributed by atoms with van der Waals surface area (Å²) in [7, 11) is 0. The maximum absolute atomic E-state index is 11.7. The fraction of sp³-hybridized carbons (Fsp3) is 0.600. The summed E-state index contributed by atoms with van der Waals surface area (Å²) in [5.41, 5.74) is 1.80. The Morgan fingerprint density at radius 3 is 2.95 bits per heavy atom. The second kappa shape index (κ2) is 5.59. The van der Waals surface area contributed by atoms with E-state index in [9.17, 15) is 4.79 Å². The maximum atomic E-state index is 11.7. The van der Waals surface area contributed by atoms with E-state index in [4.69, 9.17) is 4.74 Å². The van der Waals surface area contributed by atoms with Gasteiger partial charge in [-0.2, -0.15) is 0 Å². The van der Waals surface area contributed by atoms with Crippen LogP contribution in [0.15, 0.2) is 12.1 Å². The molecule has 0 amide bonds. The molecule has 4 heteroatoms. The number of carbonyl (C=O) groups excluding carboxylic acids is 1. The Kier molecular flexibility index (Phi) is 4.08. The van der Waals surface area contributed by atoms with E-state index in [0.29, 0.717) is 12.8 Å². The SMILES string of the molecule is CC(C)(C)OC(=O)CCc1ccc2c(n1)NCCC2. The molecule has 1 N–H and O–H groups in total. The summed E-state index contributed by atoms with van der Waals surface area (Å²) in [5, 5.41) is 3.30. The first-order chi connectivity index (χ1) is 8.94. The second-order valence-corrected chi connectivity index (χ2v) is 5.93. The van der Waals surface area contributed by atoms with Crippen LogP contribution in [0.1, 0.15) is 44.9 Å². The maximum Gasteiger partial charge on any atom is 0.306 e. The summed E-state index contributed by atoms with van der Waals surface area (Å²) in [4.78, 5) is 16.2. The number of fused-ring (bicyclic) bond motifs is 1. The number of esters is 1. The van der Waals surface area contributed by atoms with Crippen LogP contribution < -0.4 is 5.32 Å². The van der Waals surface area contributed by atoms with E-state index >= 15 is 0 Å². The van der Waals surface area contributed by atoms with Gasteiger partial charge in [0, 0.05) is 18.7 Å². The molecule has 0 spiro atoms. The zero-order valence-corrected chi connectivity index (χ0v) is 12.0. The Bertz CT molecular complexity index is 464. The lowest BCUT2D eigenvalue weighted by atomic mass is 10.1. The summed E-state index contributed by atoms with van der Waals surface area (Å²) in [6.07, 6.45) is 3.25. The zero-order valence-electron chi connectivity index (χ0n) is 12.0. The van der Waals surface area contributed by atoms with E-state index in [1.165, 1.54) is 5.56 Å². The molecule has 4 nitrogen and oxygen atoms in total. The monoisotopic (exact) mass is 262 g/mol. The number of nitrogens with one attached hydrogen (secondary N) is 1. The number of aromatic nitrogens is 1. The van der Waals surface area contributed by atoms with E-state index in [1.54, 1.807) is 0 Å². The number of ether oxygens (including phenoxy) is 1. The smallest absolute Gasteiger partial charge is 0.306 e. The molecule has 0 bridgehead atoms. The van der Waals surface area contributed by atoms with Crippen molar-refractivity contribution in [3.05, 3.63) is 23.4 Å². The third-order valence-electron chi connectivity index (χ3n) is 2.96. The standard InChI is InChI=1S/C15H22N2O2/c1-15(2,3)19-13(18)9-8-12-7-6-11-5-4-10-16-14(11)17-12/h6-7H,4-5,8-10H2,1-3H3,(H,16,17). The molecule has 0 radical (unpaired) electrons. The van der Waals surface area contributed by atoms with Crippen LogP contribution in [0, 0.1) is 0 Å². The van der Waals surface area contributed by atoms with Crippen molar-refractivity contribution in [2.75, 3.05) is 11.9 Å². The number of rotatable bonds is 3. The third kappa shape index (κ3) is 4.23. The number of nitrogens with zero attached hydrogens (tertiary/aromatic N) is 1. The van der Waals surface area contributed by atoms with E-state index in [1.807, 2.05) is 26.8 Å². The predicted molar refractivity (Wildman–Crippen MR) is 75.2 cm³/mol. The fourth-order valence-electron chi connectivity index (χ4n) is 2.13. The average Bonchev–Trinajstić information content (AvgIpc) is 2.34. The number of carbonyl (C=O) groups is 1. The Hall–Kier alpha value is -1.58. The van der Waals surface area contributed by atoms with Gasteiger partial charge in [-0.25, -0.2) is 4.98 Å². The van der Waals surface area contributed by atoms with Gasteiger partial charge in [0.05, 0.1) is 6.42 Å². The van der Waals surface area contributed by atoms with Gasteiger partial charge in [0.2, 0.25) is 0 Å². The summed E-state index contributed by atoms with van der Waals surface area (Å²) in [6, 6.07) is 4.12. The van der Waals surface area contributed by atoms with Crippen LogP contribution in [0.5, 0.6) is 0 Å². The van der Waals surface area contributed by atoms with Gasteiger partial charge < -0.3 is 10.1 Å². The highest BCUT2D eigenvalue weighted by Gasteiger charge is 2.16. The van der Waals surface area contributed by atoms with Crippen LogP contribution in [0.25, 0.3) is 0 Å². The van der Waals surface area contributed by atoms with Crippen molar-refractivity contribution in [2.45, 2.75) is 52.1 Å². The highest BCUT2D eigenvalue weighted by Crippen LogP contribution is 2.20. The number of pyridine rings is 1. The summed E-state index contributed by atoms with van der Waals surface area (Å²) in [5.74, 6) is 0.813. The molecule has 2 heterocycles. The first-order valence-corrected chi connectivity index (χ1v) is 6.88. The summed E-state index contributed by atoms with van der Waals surface area (Å²) < 4.78 is 5.29. The number of hydrogen-bond donors (Lipinski definition) is 1. The van der Waals surface area contributed by atoms with Gasteiger partial charge in [-0.1, -0.05) is 6.07 Å². The molecule has 0 fully saturated rings. The highest BCUT2D eigenvalue weighted by atomic mass is 16.6. The Morgan fingerprint density at radius 2 is 2.21 bits per heavy atom. The van der Waals surface area contributed by atoms with Crippen LogP contribution in [0.4, 0.5) is 5.82 Å². The van der Waals surface area contributed by atoms with Gasteiger partial charge in [0.25, 0.3) is 0 Å².